The molecule has 20 heavy (non-hydrogen) atoms. The molecular formula is C13H16N2O5. The number of ether oxygens (including phenoxy) is 2. The fraction of sp³-hybridized carbons (Fsp3) is 0.385. The number of carbonyl (C=O) groups is 2. The number of carboxylic acid groups (broad SMARTS) is 1. The first-order valence-electron chi connectivity index (χ1n) is 6.13. The first-order chi connectivity index (χ1) is 9.61. The van der Waals surface area contributed by atoms with Gasteiger partial charge in [0.25, 0.3) is 0 Å². The van der Waals surface area contributed by atoms with E-state index >= 15 is 0 Å². The minimum absolute atomic E-state index is 0.104. The Morgan fingerprint density at radius 3 is 2.95 bits per heavy atom. The maximum atomic E-state index is 11.7. The van der Waals surface area contributed by atoms with Gasteiger partial charge in [0.05, 0.1) is 12.6 Å². The van der Waals surface area contributed by atoms with Crippen molar-refractivity contribution in [3.8, 4) is 5.75 Å². The Kier molecular flexibility index (Phi) is 4.41. The van der Waals surface area contributed by atoms with Crippen molar-refractivity contribution in [1.29, 1.82) is 0 Å². The predicted molar refractivity (Wildman–Crippen MR) is 69.6 cm³/mol. The average Bonchev–Trinajstić information content (AvgIpc) is 2.82. The van der Waals surface area contributed by atoms with E-state index in [9.17, 15) is 9.59 Å². The predicted octanol–water partition coefficient (Wildman–Crippen LogP) is 0.519. The molecular weight excluding hydrogens is 264 g/mol. The molecule has 1 heterocycles. The summed E-state index contributed by atoms with van der Waals surface area (Å²) in [6.45, 7) is 0.256. The quantitative estimate of drug-likeness (QED) is 0.730. The average molecular weight is 280 g/mol. The van der Waals surface area contributed by atoms with Crippen molar-refractivity contribution in [2.45, 2.75) is 12.1 Å². The molecule has 1 aliphatic rings. The van der Waals surface area contributed by atoms with Crippen molar-refractivity contribution in [2.75, 3.05) is 20.3 Å². The lowest BCUT2D eigenvalue weighted by atomic mass is 10.1. The van der Waals surface area contributed by atoms with Crippen molar-refractivity contribution in [3.05, 3.63) is 29.8 Å². The summed E-state index contributed by atoms with van der Waals surface area (Å²) < 4.78 is 10.2. The van der Waals surface area contributed by atoms with Crippen LogP contribution in [-0.2, 0) is 9.53 Å². The number of methoxy groups -OCH3 is 1. The summed E-state index contributed by atoms with van der Waals surface area (Å²) in [7, 11) is 1.28. The van der Waals surface area contributed by atoms with E-state index in [-0.39, 0.29) is 12.6 Å². The van der Waals surface area contributed by atoms with Gasteiger partial charge in [-0.05, 0) is 6.07 Å². The molecule has 0 saturated carbocycles. The summed E-state index contributed by atoms with van der Waals surface area (Å²) in [5.41, 5.74) is 0.907. The zero-order chi connectivity index (χ0) is 14.5. The Morgan fingerprint density at radius 1 is 1.50 bits per heavy atom. The highest BCUT2D eigenvalue weighted by atomic mass is 16.5. The highest BCUT2D eigenvalue weighted by Crippen LogP contribution is 2.31. The van der Waals surface area contributed by atoms with Crippen LogP contribution in [0.4, 0.5) is 4.79 Å². The largest absolute Gasteiger partial charge is 0.491 e. The molecule has 108 valence electrons. The Bertz CT molecular complexity index is 505. The van der Waals surface area contributed by atoms with Crippen molar-refractivity contribution in [2.24, 2.45) is 0 Å². The molecule has 0 fully saturated rings. The van der Waals surface area contributed by atoms with E-state index in [4.69, 9.17) is 14.6 Å². The maximum Gasteiger partial charge on any atom is 0.334 e. The van der Waals surface area contributed by atoms with Crippen LogP contribution in [0.1, 0.15) is 11.6 Å². The van der Waals surface area contributed by atoms with Gasteiger partial charge in [0.15, 0.2) is 6.10 Å². The first kappa shape index (κ1) is 14.1. The van der Waals surface area contributed by atoms with Crippen LogP contribution in [0.5, 0.6) is 5.75 Å². The van der Waals surface area contributed by atoms with Gasteiger partial charge >= 0.3 is 12.0 Å². The molecule has 2 rings (SSSR count). The molecule has 0 spiro atoms. The van der Waals surface area contributed by atoms with Crippen LogP contribution in [0, 0.1) is 0 Å². The maximum absolute atomic E-state index is 11.7. The summed E-state index contributed by atoms with van der Waals surface area (Å²) in [5, 5.41) is 14.0. The first-order valence-corrected chi connectivity index (χ1v) is 6.13. The van der Waals surface area contributed by atoms with Crippen molar-refractivity contribution < 1.29 is 24.2 Å². The molecule has 7 nitrogen and oxygen atoms in total. The summed E-state index contributed by atoms with van der Waals surface area (Å²) in [5.74, 6) is -0.375. The summed E-state index contributed by atoms with van der Waals surface area (Å²) in [6.07, 6.45) is -1.06. The van der Waals surface area contributed by atoms with E-state index in [0.29, 0.717) is 6.61 Å². The second-order valence-corrected chi connectivity index (χ2v) is 4.32. The van der Waals surface area contributed by atoms with Gasteiger partial charge in [-0.25, -0.2) is 9.59 Å². The summed E-state index contributed by atoms with van der Waals surface area (Å²) in [4.78, 5) is 22.5. The van der Waals surface area contributed by atoms with Gasteiger partial charge in [0, 0.05) is 12.7 Å². The van der Waals surface area contributed by atoms with Gasteiger partial charge in [-0.1, -0.05) is 18.2 Å². The summed E-state index contributed by atoms with van der Waals surface area (Å²) in [6, 6.07) is 6.74. The van der Waals surface area contributed by atoms with Crippen molar-refractivity contribution in [1.82, 2.24) is 10.6 Å². The number of rotatable bonds is 5. The monoisotopic (exact) mass is 280 g/mol. The second-order valence-electron chi connectivity index (χ2n) is 4.32. The number of benzene rings is 1. The van der Waals surface area contributed by atoms with Crippen molar-refractivity contribution in [3.63, 3.8) is 0 Å². The number of aliphatic carboxylic acids is 1. The van der Waals surface area contributed by atoms with Crippen LogP contribution in [0.3, 0.4) is 0 Å². The van der Waals surface area contributed by atoms with E-state index < -0.39 is 18.1 Å². The highest BCUT2D eigenvalue weighted by Gasteiger charge is 2.25. The third-order valence-corrected chi connectivity index (χ3v) is 3.01. The van der Waals surface area contributed by atoms with Crippen LogP contribution in [0.25, 0.3) is 0 Å². The Hall–Kier alpha value is -2.28. The minimum atomic E-state index is -1.12. The van der Waals surface area contributed by atoms with Gasteiger partial charge < -0.3 is 25.2 Å². The Labute approximate surface area is 115 Å². The van der Waals surface area contributed by atoms with Gasteiger partial charge in [-0.3, -0.25) is 0 Å². The van der Waals surface area contributed by atoms with Crippen molar-refractivity contribution >= 4 is 12.0 Å². The number of hydrogen-bond acceptors (Lipinski definition) is 4. The van der Waals surface area contributed by atoms with Gasteiger partial charge in [-0.2, -0.15) is 0 Å². The van der Waals surface area contributed by atoms with Crippen LogP contribution in [0.15, 0.2) is 24.3 Å². The van der Waals surface area contributed by atoms with E-state index in [0.717, 1.165) is 11.3 Å². The number of amides is 2. The molecule has 2 atom stereocenters. The van der Waals surface area contributed by atoms with E-state index in [1.165, 1.54) is 7.11 Å². The molecule has 3 N–H and O–H groups in total. The van der Waals surface area contributed by atoms with E-state index in [2.05, 4.69) is 10.6 Å². The van der Waals surface area contributed by atoms with E-state index in [1.54, 1.807) is 0 Å². The topological polar surface area (TPSA) is 96.9 Å². The standard InChI is InChI=1S/C13H16N2O5/c1-19-11(12(16)17)6-14-13(18)15-9-7-20-10-5-3-2-4-8(9)10/h2-5,9,11H,6-7H2,1H3,(H,16,17)(H2,14,15,18). The minimum Gasteiger partial charge on any atom is -0.491 e. The van der Waals surface area contributed by atoms with Gasteiger partial charge in [-0.15, -0.1) is 0 Å². The molecule has 0 bridgehead atoms. The second kappa shape index (κ2) is 6.25. The third-order valence-electron chi connectivity index (χ3n) is 3.01. The molecule has 1 aromatic carbocycles. The Morgan fingerprint density at radius 2 is 2.25 bits per heavy atom. The molecule has 1 aromatic rings. The Balaban J connectivity index is 1.86. The number of nitrogens with one attached hydrogen (secondary N) is 2. The van der Waals surface area contributed by atoms with Gasteiger partial charge in [0.1, 0.15) is 12.4 Å². The van der Waals surface area contributed by atoms with Crippen LogP contribution in [0.2, 0.25) is 0 Å². The molecule has 2 amide bonds. The lowest BCUT2D eigenvalue weighted by Crippen LogP contribution is -2.44. The number of carboxylic acids is 1. The highest BCUT2D eigenvalue weighted by molar-refractivity contribution is 5.77. The zero-order valence-corrected chi connectivity index (χ0v) is 11.0. The molecule has 0 saturated heterocycles. The fourth-order valence-electron chi connectivity index (χ4n) is 1.95. The molecule has 1 aliphatic heterocycles. The number of carbonyl (C=O) groups excluding carboxylic acids is 1. The lowest BCUT2D eigenvalue weighted by Gasteiger charge is -2.15. The molecule has 0 aromatic heterocycles. The van der Waals surface area contributed by atoms with Gasteiger partial charge in [0.2, 0.25) is 0 Å². The fourth-order valence-corrected chi connectivity index (χ4v) is 1.95. The number of urea groups is 1. The molecule has 0 aliphatic carbocycles. The lowest BCUT2D eigenvalue weighted by molar-refractivity contribution is -0.147. The van der Waals surface area contributed by atoms with Crippen LogP contribution in [-0.4, -0.2) is 43.5 Å². The van der Waals surface area contributed by atoms with E-state index in [1.807, 2.05) is 24.3 Å². The van der Waals surface area contributed by atoms with Crippen LogP contribution >= 0.6 is 0 Å². The SMILES string of the molecule is COC(CNC(=O)NC1COc2ccccc21)C(=O)O. The van der Waals surface area contributed by atoms with Crippen LogP contribution < -0.4 is 15.4 Å². The molecule has 0 radical (unpaired) electrons. The third kappa shape index (κ3) is 3.18. The number of hydrogen-bond donors (Lipinski definition) is 3. The zero-order valence-electron chi connectivity index (χ0n) is 11.0. The number of para-hydroxylation sites is 1. The number of fused-ring (bicyclic) bond motifs is 1. The smallest absolute Gasteiger partial charge is 0.334 e. The summed E-state index contributed by atoms with van der Waals surface area (Å²) >= 11 is 0. The molecule has 2 unspecified atom stereocenters. The normalized spacial score (nSPS) is 17.8. The molecule has 7 heteroatoms.